The zero-order chi connectivity index (χ0) is 17.1. The molecule has 0 bridgehead atoms. The van der Waals surface area contributed by atoms with Gasteiger partial charge in [-0.25, -0.2) is 0 Å². The number of ether oxygens (including phenoxy) is 3. The molecule has 8 nitrogen and oxygen atoms in total. The molecule has 1 aromatic carbocycles. The lowest BCUT2D eigenvalue weighted by atomic mass is 10.3. The van der Waals surface area contributed by atoms with Crippen LogP contribution >= 0.6 is 0 Å². The number of rotatable bonds is 12. The minimum atomic E-state index is -0.719. The summed E-state index contributed by atoms with van der Waals surface area (Å²) in [5, 5.41) is 20.8. The van der Waals surface area contributed by atoms with E-state index < -0.39 is 11.0 Å². The summed E-state index contributed by atoms with van der Waals surface area (Å²) in [4.78, 5) is 12.2. The van der Waals surface area contributed by atoms with Gasteiger partial charge in [0.05, 0.1) is 24.2 Å². The highest BCUT2D eigenvalue weighted by molar-refractivity contribution is 5.37. The first-order chi connectivity index (χ1) is 11.1. The zero-order valence-corrected chi connectivity index (χ0v) is 13.5. The number of non-ortho nitro benzene ring substituents is 1. The van der Waals surface area contributed by atoms with E-state index in [0.29, 0.717) is 38.6 Å². The van der Waals surface area contributed by atoms with E-state index in [0.717, 1.165) is 0 Å². The Balaban J connectivity index is 2.45. The third-order valence-corrected chi connectivity index (χ3v) is 3.16. The lowest BCUT2D eigenvalue weighted by Gasteiger charge is -2.24. The highest BCUT2D eigenvalue weighted by Gasteiger charge is 2.13. The normalized spacial score (nSPS) is 12.3. The van der Waals surface area contributed by atoms with Gasteiger partial charge in [-0.05, 0) is 6.07 Å². The van der Waals surface area contributed by atoms with Crippen LogP contribution in [0.4, 0.5) is 5.69 Å². The fourth-order valence-corrected chi connectivity index (χ4v) is 1.97. The lowest BCUT2D eigenvalue weighted by Crippen LogP contribution is -2.39. The molecule has 0 amide bonds. The first kappa shape index (κ1) is 19.3. The fraction of sp³-hybridized carbons (Fsp3) is 0.600. The number of methoxy groups -OCH3 is 2. The van der Waals surface area contributed by atoms with Gasteiger partial charge >= 0.3 is 0 Å². The Bertz CT molecular complexity index is 463. The Hall–Kier alpha value is -1.74. The highest BCUT2D eigenvalue weighted by atomic mass is 16.6. The van der Waals surface area contributed by atoms with Crippen LogP contribution in [0.5, 0.6) is 5.75 Å². The maximum absolute atomic E-state index is 10.7. The number of benzene rings is 1. The number of aliphatic hydroxyl groups excluding tert-OH is 1. The van der Waals surface area contributed by atoms with E-state index >= 15 is 0 Å². The molecule has 1 rings (SSSR count). The first-order valence-corrected chi connectivity index (χ1v) is 7.32. The summed E-state index contributed by atoms with van der Waals surface area (Å²) >= 11 is 0. The monoisotopic (exact) mass is 328 g/mol. The van der Waals surface area contributed by atoms with Gasteiger partial charge < -0.3 is 19.3 Å². The molecule has 23 heavy (non-hydrogen) atoms. The lowest BCUT2D eigenvalue weighted by molar-refractivity contribution is -0.384. The third kappa shape index (κ3) is 7.89. The third-order valence-electron chi connectivity index (χ3n) is 3.16. The van der Waals surface area contributed by atoms with Gasteiger partial charge in [-0.3, -0.25) is 15.0 Å². The molecular weight excluding hydrogens is 304 g/mol. The van der Waals surface area contributed by atoms with Gasteiger partial charge in [0, 0.05) is 39.9 Å². The van der Waals surface area contributed by atoms with Crippen molar-refractivity contribution in [1.82, 2.24) is 4.90 Å². The number of nitro benzene ring substituents is 1. The molecule has 0 radical (unpaired) electrons. The molecule has 1 aromatic rings. The van der Waals surface area contributed by atoms with Gasteiger partial charge in [-0.1, -0.05) is 6.07 Å². The zero-order valence-electron chi connectivity index (χ0n) is 13.5. The molecule has 130 valence electrons. The van der Waals surface area contributed by atoms with Crippen LogP contribution in [-0.2, 0) is 9.47 Å². The molecule has 1 N–H and O–H groups in total. The van der Waals surface area contributed by atoms with Crippen molar-refractivity contribution in [3.63, 3.8) is 0 Å². The van der Waals surface area contributed by atoms with Gasteiger partial charge in [-0.15, -0.1) is 0 Å². The molecular formula is C15H24N2O6. The highest BCUT2D eigenvalue weighted by Crippen LogP contribution is 2.19. The summed E-state index contributed by atoms with van der Waals surface area (Å²) in [6, 6.07) is 5.89. The molecule has 0 saturated carbocycles. The second-order valence-corrected chi connectivity index (χ2v) is 5.01. The summed E-state index contributed by atoms with van der Waals surface area (Å²) in [5.41, 5.74) is -0.0428. The standard InChI is InChI=1S/C15H24N2O6/c1-21-8-6-16(7-9-22-2)11-14(18)12-23-15-5-3-4-13(10-15)17(19)20/h3-5,10,14,18H,6-9,11-12H2,1-2H3. The predicted molar refractivity (Wildman–Crippen MR) is 84.8 cm³/mol. The SMILES string of the molecule is COCCN(CCOC)CC(O)COc1cccc([N+](=O)[O-])c1. The van der Waals surface area contributed by atoms with Crippen molar-refractivity contribution < 1.29 is 24.2 Å². The summed E-state index contributed by atoms with van der Waals surface area (Å²) in [6.45, 7) is 2.92. The van der Waals surface area contributed by atoms with Crippen molar-refractivity contribution >= 4 is 5.69 Å². The minimum absolute atomic E-state index is 0.0428. The van der Waals surface area contributed by atoms with Crippen molar-refractivity contribution in [2.75, 3.05) is 53.7 Å². The Labute approximate surface area is 135 Å². The molecule has 1 atom stereocenters. The molecule has 0 fully saturated rings. The molecule has 8 heteroatoms. The van der Waals surface area contributed by atoms with Crippen LogP contribution in [0.15, 0.2) is 24.3 Å². The summed E-state index contributed by atoms with van der Waals surface area (Å²) in [6.07, 6.45) is -0.719. The van der Waals surface area contributed by atoms with Crippen LogP contribution in [0.2, 0.25) is 0 Å². The molecule has 0 aromatic heterocycles. The largest absolute Gasteiger partial charge is 0.491 e. The Kier molecular flexibility index (Phi) is 9.15. The minimum Gasteiger partial charge on any atom is -0.491 e. The van der Waals surface area contributed by atoms with E-state index in [2.05, 4.69) is 0 Å². The van der Waals surface area contributed by atoms with E-state index in [-0.39, 0.29) is 12.3 Å². The van der Waals surface area contributed by atoms with Gasteiger partial charge in [0.1, 0.15) is 18.5 Å². The molecule has 1 unspecified atom stereocenters. The Morgan fingerprint density at radius 2 is 1.91 bits per heavy atom. The maximum atomic E-state index is 10.7. The van der Waals surface area contributed by atoms with Crippen LogP contribution in [0, 0.1) is 10.1 Å². The Morgan fingerprint density at radius 3 is 2.48 bits per heavy atom. The fourth-order valence-electron chi connectivity index (χ4n) is 1.97. The second kappa shape index (κ2) is 10.9. The number of nitro groups is 1. The maximum Gasteiger partial charge on any atom is 0.273 e. The van der Waals surface area contributed by atoms with Gasteiger partial charge in [0.15, 0.2) is 0 Å². The van der Waals surface area contributed by atoms with Gasteiger partial charge in [-0.2, -0.15) is 0 Å². The van der Waals surface area contributed by atoms with E-state index in [4.69, 9.17) is 14.2 Å². The van der Waals surface area contributed by atoms with Crippen molar-refractivity contribution in [2.24, 2.45) is 0 Å². The van der Waals surface area contributed by atoms with E-state index in [1.54, 1.807) is 26.4 Å². The average molecular weight is 328 g/mol. The van der Waals surface area contributed by atoms with E-state index in [1.165, 1.54) is 12.1 Å². The number of nitrogens with zero attached hydrogens (tertiary/aromatic N) is 2. The predicted octanol–water partition coefficient (Wildman–Crippen LogP) is 0.929. The summed E-state index contributed by atoms with van der Waals surface area (Å²) in [7, 11) is 3.24. The smallest absolute Gasteiger partial charge is 0.273 e. The summed E-state index contributed by atoms with van der Waals surface area (Å²) in [5.74, 6) is 0.360. The van der Waals surface area contributed by atoms with Crippen molar-refractivity contribution in [3.05, 3.63) is 34.4 Å². The molecule has 0 aliphatic carbocycles. The number of hydrogen-bond acceptors (Lipinski definition) is 7. The topological polar surface area (TPSA) is 94.3 Å². The molecule has 0 aliphatic heterocycles. The first-order valence-electron chi connectivity index (χ1n) is 7.32. The average Bonchev–Trinajstić information content (AvgIpc) is 2.55. The molecule has 0 heterocycles. The summed E-state index contributed by atoms with van der Waals surface area (Å²) < 4.78 is 15.5. The van der Waals surface area contributed by atoms with Crippen LogP contribution in [0.1, 0.15) is 0 Å². The number of hydrogen-bond donors (Lipinski definition) is 1. The Morgan fingerprint density at radius 1 is 1.26 bits per heavy atom. The van der Waals surface area contributed by atoms with Crippen molar-refractivity contribution in [2.45, 2.75) is 6.10 Å². The van der Waals surface area contributed by atoms with Gasteiger partial charge in [0.25, 0.3) is 5.69 Å². The van der Waals surface area contributed by atoms with Crippen LogP contribution < -0.4 is 4.74 Å². The van der Waals surface area contributed by atoms with Gasteiger partial charge in [0.2, 0.25) is 0 Å². The quantitative estimate of drug-likeness (QED) is 0.450. The van der Waals surface area contributed by atoms with Crippen LogP contribution in [0.3, 0.4) is 0 Å². The second-order valence-electron chi connectivity index (χ2n) is 5.01. The van der Waals surface area contributed by atoms with Crippen LogP contribution in [-0.4, -0.2) is 74.7 Å². The number of aliphatic hydroxyl groups is 1. The molecule has 0 spiro atoms. The van der Waals surface area contributed by atoms with Crippen molar-refractivity contribution in [3.8, 4) is 5.75 Å². The molecule has 0 saturated heterocycles. The molecule has 0 aliphatic rings. The van der Waals surface area contributed by atoms with E-state index in [1.807, 2.05) is 4.90 Å². The van der Waals surface area contributed by atoms with Crippen LogP contribution in [0.25, 0.3) is 0 Å². The van der Waals surface area contributed by atoms with E-state index in [9.17, 15) is 15.2 Å². The van der Waals surface area contributed by atoms with Crippen molar-refractivity contribution in [1.29, 1.82) is 0 Å².